The molecule has 2 aliphatic heterocycles. The molecule has 0 bridgehead atoms. The smallest absolute Gasteiger partial charge is 0.420 e. The molecule has 0 unspecified atom stereocenters. The van der Waals surface area contributed by atoms with E-state index in [1.54, 1.807) is 12.3 Å². The van der Waals surface area contributed by atoms with Crippen molar-refractivity contribution in [2.24, 2.45) is 0 Å². The van der Waals surface area contributed by atoms with Crippen LogP contribution in [0.3, 0.4) is 0 Å². The third kappa shape index (κ3) is 4.34. The average molecular weight is 491 g/mol. The van der Waals surface area contributed by atoms with Gasteiger partial charge in [0.2, 0.25) is 0 Å². The predicted molar refractivity (Wildman–Crippen MR) is 121 cm³/mol. The van der Waals surface area contributed by atoms with Crippen molar-refractivity contribution in [1.82, 2.24) is 9.97 Å². The summed E-state index contributed by atoms with van der Waals surface area (Å²) in [6.07, 6.45) is 0.855. The van der Waals surface area contributed by atoms with Gasteiger partial charge in [-0.1, -0.05) is 0 Å². The number of hydrogen-bond donors (Lipinski definition) is 0. The van der Waals surface area contributed by atoms with Gasteiger partial charge in [0, 0.05) is 25.0 Å². The van der Waals surface area contributed by atoms with Crippen LogP contribution in [-0.4, -0.2) is 48.0 Å². The summed E-state index contributed by atoms with van der Waals surface area (Å²) in [6.45, 7) is 12.2. The highest BCUT2D eigenvalue weighted by Gasteiger charge is 2.37. The molecule has 2 aromatic heterocycles. The first-order valence-corrected chi connectivity index (χ1v) is 11.1. The van der Waals surface area contributed by atoms with Crippen molar-refractivity contribution in [2.75, 3.05) is 36.1 Å². The summed E-state index contributed by atoms with van der Waals surface area (Å²) in [5.41, 5.74) is 2.36. The maximum atomic E-state index is 13.4. The number of aromatic nitrogens is 2. The zero-order valence-electron chi connectivity index (χ0n) is 18.4. The number of carbonyl (C=O) groups excluding carboxylic acids is 1. The number of fused-ring (bicyclic) bond motifs is 2. The molecule has 4 heterocycles. The molecular weight excluding hydrogens is 464 g/mol. The zero-order valence-corrected chi connectivity index (χ0v) is 20.0. The summed E-state index contributed by atoms with van der Waals surface area (Å²) in [6, 6.07) is 3.73. The largest absolute Gasteiger partial charge is 0.482 e. The Bertz CT molecular complexity index is 1000. The number of pyridine rings is 2. The number of carbonyl (C=O) groups is 1. The minimum atomic E-state index is -0.669. The van der Waals surface area contributed by atoms with Crippen molar-refractivity contribution in [1.29, 1.82) is 0 Å². The lowest BCUT2D eigenvalue weighted by atomic mass is 10.1. The van der Waals surface area contributed by atoms with Crippen LogP contribution < -0.4 is 14.5 Å². The molecule has 1 fully saturated rings. The van der Waals surface area contributed by atoms with Crippen molar-refractivity contribution >= 4 is 39.2 Å². The molecule has 2 aliphatic rings. The minimum absolute atomic E-state index is 0.352. The molecular formula is C22H27BrN4O4. The molecule has 0 aliphatic carbocycles. The summed E-state index contributed by atoms with van der Waals surface area (Å²) >= 11 is 3.45. The van der Waals surface area contributed by atoms with E-state index >= 15 is 0 Å². The van der Waals surface area contributed by atoms with Crippen LogP contribution in [0.4, 0.5) is 22.0 Å². The molecule has 0 saturated carbocycles. The molecule has 8 nitrogen and oxygen atoms in total. The van der Waals surface area contributed by atoms with E-state index in [9.17, 15) is 4.79 Å². The number of morpholine rings is 1. The van der Waals surface area contributed by atoms with Crippen molar-refractivity contribution in [2.45, 2.75) is 46.3 Å². The topological polar surface area (TPSA) is 77.0 Å². The van der Waals surface area contributed by atoms with Crippen molar-refractivity contribution in [3.05, 3.63) is 34.2 Å². The van der Waals surface area contributed by atoms with Crippen LogP contribution >= 0.6 is 15.9 Å². The number of nitrogens with zero attached hydrogens (tertiary/aromatic N) is 4. The molecule has 2 aromatic rings. The molecule has 31 heavy (non-hydrogen) atoms. The lowest BCUT2D eigenvalue weighted by molar-refractivity contribution is 0.0598. The molecule has 1 saturated heterocycles. The van der Waals surface area contributed by atoms with E-state index in [2.05, 4.69) is 30.8 Å². The number of ether oxygens (including phenoxy) is 3. The van der Waals surface area contributed by atoms with E-state index in [1.165, 1.54) is 4.90 Å². The quantitative estimate of drug-likeness (QED) is 0.525. The third-order valence-corrected chi connectivity index (χ3v) is 5.53. The van der Waals surface area contributed by atoms with E-state index in [-0.39, 0.29) is 6.10 Å². The molecule has 1 atom stereocenters. The van der Waals surface area contributed by atoms with E-state index in [4.69, 9.17) is 14.2 Å². The van der Waals surface area contributed by atoms with Crippen LogP contribution in [0.1, 0.15) is 45.1 Å². The summed E-state index contributed by atoms with van der Waals surface area (Å²) in [4.78, 5) is 26.3. The van der Waals surface area contributed by atoms with Crippen LogP contribution in [0.25, 0.3) is 0 Å². The van der Waals surface area contributed by atoms with Gasteiger partial charge >= 0.3 is 6.09 Å². The average Bonchev–Trinajstić information content (AvgIpc) is 2.82. The fourth-order valence-electron chi connectivity index (χ4n) is 3.86. The standard InChI is InChI=1S/C22H27BrN4O4/c1-13-19-16(12-17(23)25-13)27(21(28)31-22(3,4)5)20-18(14(2)30-19)15(6-7-24-20)26-8-10-29-11-9-26/h6-7,12,14H,8-11H2,1-5H3/t14-/m0/s1. The lowest BCUT2D eigenvalue weighted by Gasteiger charge is -2.33. The van der Waals surface area contributed by atoms with Gasteiger partial charge in [-0.25, -0.2) is 19.7 Å². The zero-order chi connectivity index (χ0) is 22.3. The van der Waals surface area contributed by atoms with Gasteiger partial charge < -0.3 is 19.1 Å². The number of halogens is 1. The third-order valence-electron chi connectivity index (χ3n) is 5.12. The van der Waals surface area contributed by atoms with Crippen molar-refractivity contribution in [3.63, 3.8) is 0 Å². The van der Waals surface area contributed by atoms with Crippen LogP contribution in [-0.2, 0) is 9.47 Å². The van der Waals surface area contributed by atoms with E-state index in [1.807, 2.05) is 40.7 Å². The highest BCUT2D eigenvalue weighted by Crippen LogP contribution is 2.47. The van der Waals surface area contributed by atoms with Crippen molar-refractivity contribution < 1.29 is 19.0 Å². The first-order chi connectivity index (χ1) is 14.7. The molecule has 1 amide bonds. The van der Waals surface area contributed by atoms with Crippen LogP contribution in [0.15, 0.2) is 22.9 Å². The maximum Gasteiger partial charge on any atom is 0.420 e. The maximum absolute atomic E-state index is 13.4. The first-order valence-electron chi connectivity index (χ1n) is 10.3. The van der Waals surface area contributed by atoms with E-state index in [0.29, 0.717) is 40.8 Å². The van der Waals surface area contributed by atoms with Gasteiger partial charge in [-0.2, -0.15) is 0 Å². The van der Waals surface area contributed by atoms with Crippen LogP contribution in [0.5, 0.6) is 5.75 Å². The van der Waals surface area contributed by atoms with Crippen molar-refractivity contribution in [3.8, 4) is 5.75 Å². The normalized spacial score (nSPS) is 18.6. The Morgan fingerprint density at radius 1 is 1.26 bits per heavy atom. The number of amides is 1. The summed E-state index contributed by atoms with van der Waals surface area (Å²) in [7, 11) is 0. The second-order valence-corrected chi connectivity index (χ2v) is 9.43. The predicted octanol–water partition coefficient (Wildman–Crippen LogP) is 4.91. The van der Waals surface area contributed by atoms with E-state index < -0.39 is 11.7 Å². The minimum Gasteiger partial charge on any atom is -0.482 e. The Kier molecular flexibility index (Phi) is 5.83. The van der Waals surface area contributed by atoms with Gasteiger partial charge in [0.25, 0.3) is 0 Å². The Hall–Kier alpha value is -2.39. The fourth-order valence-corrected chi connectivity index (χ4v) is 4.34. The monoisotopic (exact) mass is 490 g/mol. The lowest BCUT2D eigenvalue weighted by Crippen LogP contribution is -2.38. The molecule has 0 spiro atoms. The number of rotatable bonds is 1. The SMILES string of the molecule is Cc1nc(Br)cc2c1O[C@@H](C)c1c(N3CCOCC3)ccnc1N2C(=O)OC(C)(C)C. The number of anilines is 3. The number of aryl methyl sites for hydroxylation is 1. The Balaban J connectivity index is 1.93. The van der Waals surface area contributed by atoms with Gasteiger partial charge in [0.15, 0.2) is 11.6 Å². The molecule has 166 valence electrons. The second-order valence-electron chi connectivity index (χ2n) is 8.62. The molecule has 4 rings (SSSR count). The molecule has 9 heteroatoms. The van der Waals surface area contributed by atoms with Crippen LogP contribution in [0, 0.1) is 6.92 Å². The summed E-state index contributed by atoms with van der Waals surface area (Å²) in [5, 5.41) is 0. The Labute approximate surface area is 190 Å². The fraction of sp³-hybridized carbons (Fsp3) is 0.500. The van der Waals surface area contributed by atoms with Crippen LogP contribution in [0.2, 0.25) is 0 Å². The Morgan fingerprint density at radius 3 is 2.65 bits per heavy atom. The molecule has 0 radical (unpaired) electrons. The first kappa shape index (κ1) is 21.8. The highest BCUT2D eigenvalue weighted by molar-refractivity contribution is 9.10. The van der Waals surface area contributed by atoms with Gasteiger partial charge in [-0.3, -0.25) is 0 Å². The Morgan fingerprint density at radius 2 is 1.97 bits per heavy atom. The summed E-state index contributed by atoms with van der Waals surface area (Å²) in [5.74, 6) is 1.04. The molecule has 0 N–H and O–H groups in total. The summed E-state index contributed by atoms with van der Waals surface area (Å²) < 4.78 is 18.3. The van der Waals surface area contributed by atoms with Gasteiger partial charge in [0.05, 0.1) is 24.5 Å². The second kappa shape index (κ2) is 8.27. The van der Waals surface area contributed by atoms with Gasteiger partial charge in [-0.05, 0) is 62.7 Å². The highest BCUT2D eigenvalue weighted by atomic mass is 79.9. The molecule has 0 aromatic carbocycles. The van der Waals surface area contributed by atoms with Gasteiger partial charge in [0.1, 0.15) is 22.0 Å². The van der Waals surface area contributed by atoms with E-state index in [0.717, 1.165) is 24.3 Å². The number of hydrogen-bond acceptors (Lipinski definition) is 7. The van der Waals surface area contributed by atoms with Gasteiger partial charge in [-0.15, -0.1) is 0 Å².